The quantitative estimate of drug-likeness (QED) is 0.894. The second-order valence-electron chi connectivity index (χ2n) is 5.16. The molecule has 0 radical (unpaired) electrons. The third kappa shape index (κ3) is 3.15. The van der Waals surface area contributed by atoms with Gasteiger partial charge in [0.1, 0.15) is 16.9 Å². The molecule has 5 heteroatoms. The smallest absolute Gasteiger partial charge is 0.224 e. The number of benzene rings is 1. The molecule has 0 spiro atoms. The molecule has 0 saturated carbocycles. The molecule has 1 aliphatic rings. The lowest BCUT2D eigenvalue weighted by Crippen LogP contribution is -2.39. The number of hydrogen-bond acceptors (Lipinski definition) is 4. The van der Waals surface area contributed by atoms with Gasteiger partial charge in [-0.1, -0.05) is 13.8 Å². The van der Waals surface area contributed by atoms with Crippen LogP contribution in [-0.2, 0) is 4.79 Å². The van der Waals surface area contributed by atoms with Gasteiger partial charge in [-0.15, -0.1) is 11.8 Å². The van der Waals surface area contributed by atoms with Crippen LogP contribution < -0.4 is 0 Å². The molecule has 19 heavy (non-hydrogen) atoms. The minimum atomic E-state index is -0.163. The zero-order chi connectivity index (χ0) is 14.0. The molecule has 1 aromatic rings. The SMILES string of the molecule is CC(C)CN1C(=O)CCSC1c1ccc(O)cc1O. The molecule has 104 valence electrons. The fourth-order valence-corrected chi connectivity index (χ4v) is 3.49. The van der Waals surface area contributed by atoms with Crippen LogP contribution in [0.15, 0.2) is 18.2 Å². The zero-order valence-electron chi connectivity index (χ0n) is 11.2. The lowest BCUT2D eigenvalue weighted by atomic mass is 10.1. The van der Waals surface area contributed by atoms with E-state index in [1.165, 1.54) is 6.07 Å². The van der Waals surface area contributed by atoms with Crippen molar-refractivity contribution in [2.45, 2.75) is 25.6 Å². The van der Waals surface area contributed by atoms with E-state index in [0.717, 1.165) is 5.75 Å². The first-order valence-corrected chi connectivity index (χ1v) is 7.47. The van der Waals surface area contributed by atoms with Crippen LogP contribution in [0.25, 0.3) is 0 Å². The predicted molar refractivity (Wildman–Crippen MR) is 76.1 cm³/mol. The molecule has 1 aliphatic heterocycles. The van der Waals surface area contributed by atoms with Gasteiger partial charge in [-0.2, -0.15) is 0 Å². The lowest BCUT2D eigenvalue weighted by molar-refractivity contribution is -0.132. The number of nitrogens with zero attached hydrogens (tertiary/aromatic N) is 1. The summed E-state index contributed by atoms with van der Waals surface area (Å²) in [6.45, 7) is 4.82. The molecule has 0 aromatic heterocycles. The van der Waals surface area contributed by atoms with Crippen molar-refractivity contribution < 1.29 is 15.0 Å². The van der Waals surface area contributed by atoms with Crippen molar-refractivity contribution in [2.75, 3.05) is 12.3 Å². The van der Waals surface area contributed by atoms with Gasteiger partial charge in [-0.05, 0) is 18.1 Å². The van der Waals surface area contributed by atoms with Crippen LogP contribution in [0.2, 0.25) is 0 Å². The van der Waals surface area contributed by atoms with Crippen LogP contribution in [-0.4, -0.2) is 33.3 Å². The fraction of sp³-hybridized carbons (Fsp3) is 0.500. The van der Waals surface area contributed by atoms with Gasteiger partial charge in [0.2, 0.25) is 5.91 Å². The number of carbonyl (C=O) groups excluding carboxylic acids is 1. The molecule has 0 aliphatic carbocycles. The molecule has 1 saturated heterocycles. The van der Waals surface area contributed by atoms with Crippen molar-refractivity contribution in [1.82, 2.24) is 4.90 Å². The third-order valence-corrected chi connectivity index (χ3v) is 4.30. The minimum absolute atomic E-state index is 0.0313. The molecular weight excluding hydrogens is 262 g/mol. The average molecular weight is 281 g/mol. The van der Waals surface area contributed by atoms with Gasteiger partial charge in [0.05, 0.1) is 0 Å². The highest BCUT2D eigenvalue weighted by Crippen LogP contribution is 2.42. The Morgan fingerprint density at radius 3 is 2.79 bits per heavy atom. The normalized spacial score (nSPS) is 20.1. The van der Waals surface area contributed by atoms with E-state index in [1.54, 1.807) is 23.9 Å². The monoisotopic (exact) mass is 281 g/mol. The van der Waals surface area contributed by atoms with Crippen LogP contribution in [0.1, 0.15) is 31.2 Å². The van der Waals surface area contributed by atoms with Crippen molar-refractivity contribution in [2.24, 2.45) is 5.92 Å². The summed E-state index contributed by atoms with van der Waals surface area (Å²) in [5.74, 6) is 1.34. The van der Waals surface area contributed by atoms with Crippen molar-refractivity contribution in [3.63, 3.8) is 0 Å². The molecule has 4 nitrogen and oxygen atoms in total. The van der Waals surface area contributed by atoms with Gasteiger partial charge >= 0.3 is 0 Å². The lowest BCUT2D eigenvalue weighted by Gasteiger charge is -2.36. The summed E-state index contributed by atoms with van der Waals surface area (Å²) >= 11 is 1.65. The van der Waals surface area contributed by atoms with Crippen LogP contribution in [0.5, 0.6) is 11.5 Å². The summed E-state index contributed by atoms with van der Waals surface area (Å²) in [7, 11) is 0. The average Bonchev–Trinajstić information content (AvgIpc) is 2.32. The molecule has 2 N–H and O–H groups in total. The fourth-order valence-electron chi connectivity index (χ4n) is 2.21. The Morgan fingerprint density at radius 2 is 2.16 bits per heavy atom. The van der Waals surface area contributed by atoms with E-state index in [-0.39, 0.29) is 22.8 Å². The Morgan fingerprint density at radius 1 is 1.42 bits per heavy atom. The van der Waals surface area contributed by atoms with E-state index in [0.29, 0.717) is 24.4 Å². The molecule has 1 amide bonds. The summed E-state index contributed by atoms with van der Waals surface area (Å²) in [6.07, 6.45) is 0.548. The van der Waals surface area contributed by atoms with Gasteiger partial charge in [0.25, 0.3) is 0 Å². The number of thioether (sulfide) groups is 1. The highest BCUT2D eigenvalue weighted by molar-refractivity contribution is 7.99. The van der Waals surface area contributed by atoms with E-state index in [4.69, 9.17) is 0 Å². The van der Waals surface area contributed by atoms with Gasteiger partial charge in [-0.25, -0.2) is 0 Å². The van der Waals surface area contributed by atoms with Crippen LogP contribution >= 0.6 is 11.8 Å². The van der Waals surface area contributed by atoms with Crippen LogP contribution in [0.3, 0.4) is 0 Å². The Hall–Kier alpha value is -1.36. The summed E-state index contributed by atoms with van der Waals surface area (Å²) < 4.78 is 0. The van der Waals surface area contributed by atoms with E-state index in [1.807, 2.05) is 4.90 Å². The second kappa shape index (κ2) is 5.74. The molecular formula is C14H19NO3S. The molecule has 2 rings (SSSR count). The van der Waals surface area contributed by atoms with E-state index in [2.05, 4.69) is 13.8 Å². The largest absolute Gasteiger partial charge is 0.508 e. The van der Waals surface area contributed by atoms with Crippen molar-refractivity contribution in [3.8, 4) is 11.5 Å². The van der Waals surface area contributed by atoms with Crippen molar-refractivity contribution >= 4 is 17.7 Å². The summed E-state index contributed by atoms with van der Waals surface area (Å²) in [5, 5.41) is 19.2. The maximum Gasteiger partial charge on any atom is 0.224 e. The topological polar surface area (TPSA) is 60.8 Å². The molecule has 1 aromatic carbocycles. The number of amides is 1. The Kier molecular flexibility index (Phi) is 4.24. The van der Waals surface area contributed by atoms with Gasteiger partial charge in [-0.3, -0.25) is 4.79 Å². The highest BCUT2D eigenvalue weighted by Gasteiger charge is 2.31. The molecule has 1 atom stereocenters. The zero-order valence-corrected chi connectivity index (χ0v) is 12.0. The van der Waals surface area contributed by atoms with E-state index >= 15 is 0 Å². The van der Waals surface area contributed by atoms with Crippen molar-refractivity contribution in [3.05, 3.63) is 23.8 Å². The Balaban J connectivity index is 2.31. The maximum atomic E-state index is 12.1. The van der Waals surface area contributed by atoms with Gasteiger partial charge in [0.15, 0.2) is 0 Å². The molecule has 1 heterocycles. The molecule has 1 fully saturated rings. The standard InChI is InChI=1S/C14H19NO3S/c1-9(2)8-15-13(18)5-6-19-14(15)11-4-3-10(16)7-12(11)17/h3-4,7,9,14,16-17H,5-6,8H2,1-2H3. The molecule has 0 bridgehead atoms. The van der Waals surface area contributed by atoms with Crippen LogP contribution in [0.4, 0.5) is 0 Å². The Labute approximate surface area is 117 Å². The summed E-state index contributed by atoms with van der Waals surface area (Å²) in [6, 6.07) is 4.55. The maximum absolute atomic E-state index is 12.1. The number of aromatic hydroxyl groups is 2. The second-order valence-corrected chi connectivity index (χ2v) is 6.34. The van der Waals surface area contributed by atoms with E-state index < -0.39 is 0 Å². The number of phenolic OH excluding ortho intramolecular Hbond substituents is 2. The number of hydrogen-bond donors (Lipinski definition) is 2. The Bertz CT molecular complexity index is 476. The number of phenols is 2. The first-order valence-electron chi connectivity index (χ1n) is 6.42. The first-order chi connectivity index (χ1) is 8.99. The predicted octanol–water partition coefficient (Wildman–Crippen LogP) is 2.72. The number of rotatable bonds is 3. The third-order valence-electron chi connectivity index (χ3n) is 3.04. The highest BCUT2D eigenvalue weighted by atomic mass is 32.2. The van der Waals surface area contributed by atoms with E-state index in [9.17, 15) is 15.0 Å². The minimum Gasteiger partial charge on any atom is -0.508 e. The number of carbonyl (C=O) groups is 1. The van der Waals surface area contributed by atoms with Crippen molar-refractivity contribution in [1.29, 1.82) is 0 Å². The summed E-state index contributed by atoms with van der Waals surface area (Å²) in [4.78, 5) is 13.9. The summed E-state index contributed by atoms with van der Waals surface area (Å²) in [5.41, 5.74) is 0.691. The first kappa shape index (κ1) is 14.1. The van der Waals surface area contributed by atoms with Crippen LogP contribution in [0, 0.1) is 5.92 Å². The molecule has 1 unspecified atom stereocenters. The van der Waals surface area contributed by atoms with Gasteiger partial charge in [0, 0.05) is 30.3 Å². The van der Waals surface area contributed by atoms with Gasteiger partial charge < -0.3 is 15.1 Å².